The van der Waals surface area contributed by atoms with Crippen LogP contribution in [0, 0.1) is 5.92 Å². The molecule has 2 aromatic rings. The topological polar surface area (TPSA) is 59.0 Å². The molecule has 0 unspecified atom stereocenters. The van der Waals surface area contributed by atoms with Crippen LogP contribution in [-0.2, 0) is 21.4 Å². The normalized spacial score (nSPS) is 21.4. The van der Waals surface area contributed by atoms with Gasteiger partial charge in [0.05, 0.1) is 19.2 Å². The van der Waals surface area contributed by atoms with Crippen molar-refractivity contribution in [2.75, 3.05) is 13.2 Å². The van der Waals surface area contributed by atoms with Gasteiger partial charge >= 0.3 is 6.09 Å². The van der Waals surface area contributed by atoms with Crippen molar-refractivity contribution in [2.24, 2.45) is 5.92 Å². The first kappa shape index (κ1) is 24.5. The number of likely N-dealkylation sites (tertiary alicyclic amines) is 1. The van der Waals surface area contributed by atoms with Crippen LogP contribution in [0.2, 0.25) is 18.1 Å². The van der Waals surface area contributed by atoms with Gasteiger partial charge in [0, 0.05) is 0 Å². The van der Waals surface area contributed by atoms with Crippen molar-refractivity contribution < 1.29 is 19.1 Å². The van der Waals surface area contributed by atoms with Crippen LogP contribution in [0.4, 0.5) is 4.79 Å². The number of carbonyl (C=O) groups is 1. The van der Waals surface area contributed by atoms with Crippen molar-refractivity contribution in [3.63, 3.8) is 0 Å². The smallest absolute Gasteiger partial charge is 0.410 e. The molecular weight excluding hydrogens is 418 g/mol. The highest BCUT2D eigenvalue weighted by atomic mass is 28.4. The third kappa shape index (κ3) is 4.77. The van der Waals surface area contributed by atoms with Gasteiger partial charge in [-0.25, -0.2) is 4.79 Å². The molecule has 0 radical (unpaired) electrons. The first-order valence-electron chi connectivity index (χ1n) is 11.4. The molecule has 1 heterocycles. The minimum atomic E-state index is -2.13. The van der Waals surface area contributed by atoms with Gasteiger partial charge in [-0.15, -0.1) is 0 Å². The highest BCUT2D eigenvalue weighted by Gasteiger charge is 2.56. The van der Waals surface area contributed by atoms with Gasteiger partial charge in [-0.2, -0.15) is 0 Å². The van der Waals surface area contributed by atoms with E-state index in [1.54, 1.807) is 4.90 Å². The summed E-state index contributed by atoms with van der Waals surface area (Å²) in [6.07, 6.45) is -0.425. The Kier molecular flexibility index (Phi) is 7.17. The van der Waals surface area contributed by atoms with Gasteiger partial charge in [-0.3, -0.25) is 4.90 Å². The van der Waals surface area contributed by atoms with Crippen molar-refractivity contribution >= 4 is 14.4 Å². The number of nitrogens with zero attached hydrogens (tertiary/aromatic N) is 1. The quantitative estimate of drug-likeness (QED) is 0.530. The number of rotatable bonds is 8. The molecule has 1 amide bonds. The summed E-state index contributed by atoms with van der Waals surface area (Å²) in [6, 6.07) is 18.6. The van der Waals surface area contributed by atoms with Crippen LogP contribution in [0.5, 0.6) is 0 Å². The van der Waals surface area contributed by atoms with E-state index in [2.05, 4.69) is 40.8 Å². The summed E-state index contributed by atoms with van der Waals surface area (Å²) in [5, 5.41) is 11.6. The zero-order chi connectivity index (χ0) is 23.6. The fourth-order valence-corrected chi connectivity index (χ4v) is 6.36. The van der Waals surface area contributed by atoms with Crippen LogP contribution in [0.25, 0.3) is 0 Å². The second-order valence-electron chi connectivity index (χ2n) is 10.2. The van der Waals surface area contributed by atoms with Gasteiger partial charge in [0.2, 0.25) is 0 Å². The summed E-state index contributed by atoms with van der Waals surface area (Å²) in [7, 11) is -2.13. The predicted molar refractivity (Wildman–Crippen MR) is 130 cm³/mol. The largest absolute Gasteiger partial charge is 0.445 e. The molecule has 1 saturated heterocycles. The highest BCUT2D eigenvalue weighted by molar-refractivity contribution is 6.74. The van der Waals surface area contributed by atoms with E-state index in [-0.39, 0.29) is 24.8 Å². The van der Waals surface area contributed by atoms with Crippen molar-refractivity contribution in [3.05, 3.63) is 71.8 Å². The lowest BCUT2D eigenvalue weighted by molar-refractivity contribution is -0.158. The third-order valence-corrected chi connectivity index (χ3v) is 12.2. The molecule has 174 valence electrons. The summed E-state index contributed by atoms with van der Waals surface area (Å²) in [6.45, 7) is 14.0. The lowest BCUT2D eigenvalue weighted by Crippen LogP contribution is -2.71. The lowest BCUT2D eigenvalue weighted by Gasteiger charge is -2.54. The number of hydrogen-bond donors (Lipinski definition) is 1. The number of ether oxygens (including phenoxy) is 1. The monoisotopic (exact) mass is 455 g/mol. The Bertz CT molecular complexity index is 901. The van der Waals surface area contributed by atoms with Gasteiger partial charge in [-0.1, -0.05) is 88.4 Å². The minimum absolute atomic E-state index is 0.0419. The number of amides is 1. The average Bonchev–Trinajstić information content (AvgIpc) is 2.76. The van der Waals surface area contributed by atoms with Crippen LogP contribution in [0.1, 0.15) is 38.8 Å². The van der Waals surface area contributed by atoms with Crippen LogP contribution in [0.15, 0.2) is 60.7 Å². The Morgan fingerprint density at radius 2 is 1.69 bits per heavy atom. The Morgan fingerprint density at radius 1 is 1.12 bits per heavy atom. The zero-order valence-electron chi connectivity index (χ0n) is 20.2. The van der Waals surface area contributed by atoms with E-state index in [0.29, 0.717) is 5.92 Å². The van der Waals surface area contributed by atoms with Crippen LogP contribution in [-0.4, -0.2) is 43.6 Å². The van der Waals surface area contributed by atoms with E-state index >= 15 is 0 Å². The number of hydrogen-bond acceptors (Lipinski definition) is 4. The molecule has 0 bridgehead atoms. The molecule has 0 aromatic heterocycles. The molecule has 0 aliphatic carbocycles. The molecule has 3 rings (SSSR count). The first-order valence-corrected chi connectivity index (χ1v) is 14.3. The molecule has 32 heavy (non-hydrogen) atoms. The molecule has 1 fully saturated rings. The average molecular weight is 456 g/mol. The van der Waals surface area contributed by atoms with E-state index < -0.39 is 26.1 Å². The van der Waals surface area contributed by atoms with Crippen LogP contribution in [0.3, 0.4) is 0 Å². The van der Waals surface area contributed by atoms with Gasteiger partial charge in [-0.05, 0) is 35.2 Å². The predicted octanol–water partition coefficient (Wildman–Crippen LogP) is 5.55. The highest BCUT2D eigenvalue weighted by Crippen LogP contribution is 2.46. The van der Waals surface area contributed by atoms with E-state index in [1.165, 1.54) is 0 Å². The molecule has 1 N–H and O–H groups in total. The molecule has 0 spiro atoms. The number of benzene rings is 2. The SMILES string of the molecule is CC(C)C(C)(C)[Si](C)(C)OC[C@H]1N(C(=O)OCc2ccccc2)C[C@]1(O)c1ccccc1. The second kappa shape index (κ2) is 9.38. The standard InChI is InChI=1S/C26H37NO4Si/c1-20(2)25(3,4)32(5,6)31-18-23-26(29,22-15-11-8-12-16-22)19-27(23)24(28)30-17-21-13-9-7-10-14-21/h7-16,20,23,29H,17-19H2,1-6H3/t23-,26+/m1/s1. The molecule has 0 saturated carbocycles. The summed E-state index contributed by atoms with van der Waals surface area (Å²) < 4.78 is 12.1. The first-order chi connectivity index (χ1) is 15.0. The van der Waals surface area contributed by atoms with Gasteiger partial charge in [0.1, 0.15) is 12.2 Å². The second-order valence-corrected chi connectivity index (χ2v) is 14.8. The maximum absolute atomic E-state index is 12.9. The molecular formula is C26H37NO4Si. The molecule has 2 aromatic carbocycles. The van der Waals surface area contributed by atoms with E-state index in [9.17, 15) is 9.90 Å². The van der Waals surface area contributed by atoms with Gasteiger partial charge in [0.15, 0.2) is 8.32 Å². The molecule has 5 nitrogen and oxygen atoms in total. The summed E-state index contributed by atoms with van der Waals surface area (Å²) in [5.74, 6) is 0.463. The Morgan fingerprint density at radius 3 is 2.25 bits per heavy atom. The molecule has 1 aliphatic rings. The van der Waals surface area contributed by atoms with Gasteiger partial charge < -0.3 is 14.3 Å². The Balaban J connectivity index is 1.76. The van der Waals surface area contributed by atoms with E-state index in [4.69, 9.17) is 9.16 Å². The fraction of sp³-hybridized carbons (Fsp3) is 0.500. The lowest BCUT2D eigenvalue weighted by atomic mass is 9.78. The zero-order valence-corrected chi connectivity index (χ0v) is 21.2. The van der Waals surface area contributed by atoms with Crippen molar-refractivity contribution in [1.82, 2.24) is 4.90 Å². The van der Waals surface area contributed by atoms with Crippen LogP contribution < -0.4 is 0 Å². The third-order valence-electron chi connectivity index (χ3n) is 7.65. The molecule has 6 heteroatoms. The van der Waals surface area contributed by atoms with Crippen molar-refractivity contribution in [3.8, 4) is 0 Å². The Hall–Kier alpha value is -2.15. The molecule has 2 atom stereocenters. The maximum atomic E-state index is 12.9. The van der Waals surface area contributed by atoms with E-state index in [1.807, 2.05) is 60.7 Å². The summed E-state index contributed by atoms with van der Waals surface area (Å²) in [5.41, 5.74) is 0.572. The fourth-order valence-electron chi connectivity index (χ4n) is 4.02. The summed E-state index contributed by atoms with van der Waals surface area (Å²) in [4.78, 5) is 14.5. The summed E-state index contributed by atoms with van der Waals surface area (Å²) >= 11 is 0. The Labute approximate surface area is 193 Å². The number of aliphatic hydroxyl groups is 1. The molecule has 1 aliphatic heterocycles. The number of carbonyl (C=O) groups excluding carboxylic acids is 1. The minimum Gasteiger partial charge on any atom is -0.445 e. The van der Waals surface area contributed by atoms with Crippen LogP contribution >= 0.6 is 0 Å². The number of β-amino-alcohol motifs (C(OH)–C–C–N with tert-alkyl or cyclic N) is 1. The maximum Gasteiger partial charge on any atom is 0.410 e. The van der Waals surface area contributed by atoms with Gasteiger partial charge in [0.25, 0.3) is 0 Å². The van der Waals surface area contributed by atoms with E-state index in [0.717, 1.165) is 11.1 Å². The van der Waals surface area contributed by atoms with Crippen molar-refractivity contribution in [2.45, 2.75) is 64.1 Å². The van der Waals surface area contributed by atoms with Crippen molar-refractivity contribution in [1.29, 1.82) is 0 Å².